The van der Waals surface area contributed by atoms with E-state index in [1.807, 2.05) is 19.1 Å². The number of imide groups is 1. The van der Waals surface area contributed by atoms with Gasteiger partial charge in [0.2, 0.25) is 0 Å². The monoisotopic (exact) mass is 678 g/mol. The first-order chi connectivity index (χ1) is 14.5. The zero-order chi connectivity index (χ0) is 23.0. The number of esters is 1. The summed E-state index contributed by atoms with van der Waals surface area (Å²) in [6.07, 6.45) is 0. The summed E-state index contributed by atoms with van der Waals surface area (Å²) >= 11 is 13.3. The van der Waals surface area contributed by atoms with Gasteiger partial charge in [-0.2, -0.15) is 0 Å². The molecule has 0 saturated carbocycles. The van der Waals surface area contributed by atoms with Crippen molar-refractivity contribution in [2.75, 3.05) is 11.9 Å². The second kappa shape index (κ2) is 9.51. The molecule has 2 aromatic carbocycles. The van der Waals surface area contributed by atoms with Crippen LogP contribution in [0, 0.1) is 6.92 Å². The quantitative estimate of drug-likeness (QED) is 0.203. The van der Waals surface area contributed by atoms with Gasteiger partial charge in [0.05, 0.1) is 11.1 Å². The molecule has 0 fully saturated rings. The molecular formula is C20H14Br4N2O5. The zero-order valence-corrected chi connectivity index (χ0v) is 22.4. The molecule has 1 atom stereocenters. The van der Waals surface area contributed by atoms with Crippen molar-refractivity contribution < 1.29 is 23.9 Å². The fourth-order valence-corrected chi connectivity index (χ4v) is 5.37. The Labute approximate surface area is 211 Å². The molecule has 162 valence electrons. The first-order valence-electron chi connectivity index (χ1n) is 8.81. The number of benzene rings is 2. The zero-order valence-electron chi connectivity index (χ0n) is 16.1. The summed E-state index contributed by atoms with van der Waals surface area (Å²) in [7, 11) is 0. The minimum absolute atomic E-state index is 0.128. The normalized spacial score (nSPS) is 13.8. The Hall–Kier alpha value is -1.56. The van der Waals surface area contributed by atoms with Crippen molar-refractivity contribution >= 4 is 93.1 Å². The molecule has 1 N–H and O–H groups in total. The summed E-state index contributed by atoms with van der Waals surface area (Å²) in [5.41, 5.74) is 1.86. The van der Waals surface area contributed by atoms with Crippen LogP contribution in [0.2, 0.25) is 0 Å². The van der Waals surface area contributed by atoms with Gasteiger partial charge in [0.15, 0.2) is 6.61 Å². The summed E-state index contributed by atoms with van der Waals surface area (Å²) in [5.74, 6) is -2.70. The molecule has 3 rings (SSSR count). The Morgan fingerprint density at radius 1 is 0.935 bits per heavy atom. The van der Waals surface area contributed by atoms with Crippen LogP contribution in [0.3, 0.4) is 0 Å². The fraction of sp³-hybridized carbons (Fsp3) is 0.200. The molecule has 0 aliphatic carbocycles. The molecule has 0 radical (unpaired) electrons. The molecule has 2 aromatic rings. The highest BCUT2D eigenvalue weighted by Crippen LogP contribution is 2.45. The topological polar surface area (TPSA) is 92.8 Å². The van der Waals surface area contributed by atoms with Gasteiger partial charge in [-0.3, -0.25) is 19.3 Å². The first kappa shape index (κ1) is 24.1. The second-order valence-corrected chi connectivity index (χ2v) is 9.86. The van der Waals surface area contributed by atoms with Crippen LogP contribution in [0.5, 0.6) is 0 Å². The van der Waals surface area contributed by atoms with Crippen LogP contribution in [-0.4, -0.2) is 41.2 Å². The summed E-state index contributed by atoms with van der Waals surface area (Å²) < 4.78 is 6.90. The maximum absolute atomic E-state index is 12.9. The molecule has 1 heterocycles. The van der Waals surface area contributed by atoms with Gasteiger partial charge in [-0.1, -0.05) is 17.7 Å². The van der Waals surface area contributed by atoms with Crippen LogP contribution in [0.25, 0.3) is 0 Å². The van der Waals surface area contributed by atoms with Crippen LogP contribution in [-0.2, 0) is 14.3 Å². The van der Waals surface area contributed by atoms with Crippen LogP contribution in [0.4, 0.5) is 5.69 Å². The maximum Gasteiger partial charge on any atom is 0.329 e. The minimum Gasteiger partial charge on any atom is -0.454 e. The lowest BCUT2D eigenvalue weighted by Crippen LogP contribution is -2.44. The lowest BCUT2D eigenvalue weighted by atomic mass is 10.1. The summed E-state index contributed by atoms with van der Waals surface area (Å²) in [5, 5.41) is 2.61. The van der Waals surface area contributed by atoms with E-state index in [0.29, 0.717) is 23.6 Å². The van der Waals surface area contributed by atoms with Gasteiger partial charge in [-0.05, 0) is 89.7 Å². The number of nitrogens with zero attached hydrogens (tertiary/aromatic N) is 1. The van der Waals surface area contributed by atoms with Crippen molar-refractivity contribution in [2.45, 2.75) is 19.9 Å². The Morgan fingerprint density at radius 2 is 1.42 bits per heavy atom. The Balaban J connectivity index is 1.71. The van der Waals surface area contributed by atoms with Crippen molar-refractivity contribution in [1.29, 1.82) is 0 Å². The number of nitrogens with one attached hydrogen (secondary N) is 1. The molecule has 0 aromatic heterocycles. The highest BCUT2D eigenvalue weighted by molar-refractivity contribution is 9.15. The molecule has 31 heavy (non-hydrogen) atoms. The van der Waals surface area contributed by atoms with Gasteiger partial charge in [0, 0.05) is 23.6 Å². The third-order valence-electron chi connectivity index (χ3n) is 4.54. The van der Waals surface area contributed by atoms with E-state index in [2.05, 4.69) is 69.0 Å². The lowest BCUT2D eigenvalue weighted by Gasteiger charge is -2.20. The summed E-state index contributed by atoms with van der Waals surface area (Å²) in [4.78, 5) is 51.2. The van der Waals surface area contributed by atoms with E-state index in [0.717, 1.165) is 10.5 Å². The van der Waals surface area contributed by atoms with Gasteiger partial charge >= 0.3 is 5.97 Å². The fourth-order valence-electron chi connectivity index (χ4n) is 2.91. The third kappa shape index (κ3) is 4.64. The van der Waals surface area contributed by atoms with Crippen LogP contribution >= 0.6 is 63.7 Å². The Kier molecular flexibility index (Phi) is 7.39. The third-order valence-corrected chi connectivity index (χ3v) is 9.31. The number of aryl methyl sites for hydroxylation is 1. The van der Waals surface area contributed by atoms with Crippen molar-refractivity contribution in [3.63, 3.8) is 0 Å². The van der Waals surface area contributed by atoms with Gasteiger partial charge in [-0.25, -0.2) is 4.79 Å². The van der Waals surface area contributed by atoms with Crippen LogP contribution in [0.15, 0.2) is 42.2 Å². The van der Waals surface area contributed by atoms with E-state index in [1.165, 1.54) is 6.92 Å². The number of carbonyl (C=O) groups excluding carboxylic acids is 4. The number of amides is 3. The number of hydrogen-bond donors (Lipinski definition) is 1. The number of anilines is 1. The predicted octanol–water partition coefficient (Wildman–Crippen LogP) is 5.21. The van der Waals surface area contributed by atoms with E-state index in [4.69, 9.17) is 4.74 Å². The van der Waals surface area contributed by atoms with E-state index in [1.54, 1.807) is 12.1 Å². The Bertz CT molecular complexity index is 1070. The number of ether oxygens (including phenoxy) is 1. The number of hydrogen-bond acceptors (Lipinski definition) is 5. The van der Waals surface area contributed by atoms with E-state index < -0.39 is 36.3 Å². The molecule has 11 heteroatoms. The van der Waals surface area contributed by atoms with E-state index in [9.17, 15) is 19.2 Å². The summed E-state index contributed by atoms with van der Waals surface area (Å²) in [6.45, 7) is 2.74. The standard InChI is InChI=1S/C20H14Br4N2O5/c1-8-3-5-10(6-4-8)25-11(27)7-31-20(30)9(2)26-18(28)12-13(19(26)29)15(22)17(24)16(23)14(12)21/h3-6,9H,7H2,1-2H3,(H,25,27). The number of halogens is 4. The SMILES string of the molecule is Cc1ccc(NC(=O)COC(=O)C(C)N2C(=O)c3c(Br)c(Br)c(Br)c(Br)c3C2=O)cc1. The van der Waals surface area contributed by atoms with Gasteiger partial charge in [-0.15, -0.1) is 0 Å². The van der Waals surface area contributed by atoms with Crippen molar-refractivity contribution in [1.82, 2.24) is 4.90 Å². The Morgan fingerprint density at radius 3 is 1.90 bits per heavy atom. The second-order valence-electron chi connectivity index (χ2n) is 6.68. The van der Waals surface area contributed by atoms with Crippen molar-refractivity contribution in [2.24, 2.45) is 0 Å². The average molecular weight is 682 g/mol. The van der Waals surface area contributed by atoms with Gasteiger partial charge < -0.3 is 10.1 Å². The predicted molar refractivity (Wildman–Crippen MR) is 128 cm³/mol. The number of rotatable bonds is 5. The first-order valence-corrected chi connectivity index (χ1v) is 12.0. The van der Waals surface area contributed by atoms with Crippen LogP contribution < -0.4 is 5.32 Å². The molecule has 0 saturated heterocycles. The van der Waals surface area contributed by atoms with Crippen LogP contribution in [0.1, 0.15) is 33.2 Å². The van der Waals surface area contributed by atoms with Crippen molar-refractivity contribution in [3.8, 4) is 0 Å². The minimum atomic E-state index is -1.23. The van der Waals surface area contributed by atoms with Gasteiger partial charge in [0.25, 0.3) is 17.7 Å². The number of fused-ring (bicyclic) bond motifs is 1. The molecule has 1 aliphatic heterocycles. The van der Waals surface area contributed by atoms with Crippen molar-refractivity contribution in [3.05, 3.63) is 58.8 Å². The smallest absolute Gasteiger partial charge is 0.329 e. The molecule has 0 bridgehead atoms. The molecule has 7 nitrogen and oxygen atoms in total. The highest BCUT2D eigenvalue weighted by Gasteiger charge is 2.45. The molecule has 1 unspecified atom stereocenters. The molecule has 0 spiro atoms. The lowest BCUT2D eigenvalue weighted by molar-refractivity contribution is -0.150. The molecule has 1 aliphatic rings. The van der Waals surface area contributed by atoms with E-state index >= 15 is 0 Å². The molecular weight excluding hydrogens is 668 g/mol. The molecule has 3 amide bonds. The number of carbonyl (C=O) groups is 4. The average Bonchev–Trinajstić information content (AvgIpc) is 3.00. The largest absolute Gasteiger partial charge is 0.454 e. The van der Waals surface area contributed by atoms with E-state index in [-0.39, 0.29) is 11.1 Å². The maximum atomic E-state index is 12.9. The summed E-state index contributed by atoms with van der Waals surface area (Å²) in [6, 6.07) is 5.89. The highest BCUT2D eigenvalue weighted by atomic mass is 79.9. The van der Waals surface area contributed by atoms with Gasteiger partial charge in [0.1, 0.15) is 6.04 Å².